The Balaban J connectivity index is 1.64. The van der Waals surface area contributed by atoms with E-state index in [1.807, 2.05) is 37.3 Å². The van der Waals surface area contributed by atoms with Gasteiger partial charge >= 0.3 is 0 Å². The second kappa shape index (κ2) is 8.86. The van der Waals surface area contributed by atoms with E-state index < -0.39 is 0 Å². The first-order valence-corrected chi connectivity index (χ1v) is 10.8. The third kappa shape index (κ3) is 4.48. The molecule has 0 atom stereocenters. The van der Waals surface area contributed by atoms with Crippen LogP contribution in [0.2, 0.25) is 5.02 Å². The monoisotopic (exact) mass is 436 g/mol. The molecule has 0 fully saturated rings. The van der Waals surface area contributed by atoms with E-state index in [0.717, 1.165) is 26.9 Å². The average molecular weight is 437 g/mol. The molecular formula is C24H21ClN2O2S. The number of fused-ring (bicyclic) bond motifs is 1. The average Bonchev–Trinajstić information content (AvgIpc) is 3.21. The molecule has 4 nitrogen and oxygen atoms in total. The lowest BCUT2D eigenvalue weighted by molar-refractivity contribution is -0.120. The highest BCUT2D eigenvalue weighted by atomic mass is 35.5. The number of hydrogen-bond donors (Lipinski definition) is 0. The van der Waals surface area contributed by atoms with E-state index in [9.17, 15) is 4.79 Å². The summed E-state index contributed by atoms with van der Waals surface area (Å²) in [5.74, 6) is 0.451. The van der Waals surface area contributed by atoms with E-state index in [1.165, 1.54) is 11.3 Å². The molecule has 4 rings (SSSR count). The van der Waals surface area contributed by atoms with Crippen molar-refractivity contribution in [1.29, 1.82) is 0 Å². The van der Waals surface area contributed by atoms with Gasteiger partial charge in [0.2, 0.25) is 0 Å². The van der Waals surface area contributed by atoms with E-state index in [2.05, 4.69) is 19.1 Å². The van der Waals surface area contributed by atoms with Crippen LogP contribution < -0.4 is 9.64 Å². The lowest BCUT2D eigenvalue weighted by atomic mass is 10.1. The topological polar surface area (TPSA) is 42.4 Å². The summed E-state index contributed by atoms with van der Waals surface area (Å²) in [6.45, 7) is 4.46. The van der Waals surface area contributed by atoms with Gasteiger partial charge in [-0.15, -0.1) is 0 Å². The number of aromatic nitrogens is 1. The van der Waals surface area contributed by atoms with Crippen LogP contribution in [0.5, 0.6) is 5.75 Å². The molecule has 0 unspecified atom stereocenters. The number of carbonyl (C=O) groups is 1. The molecule has 0 N–H and O–H groups in total. The molecule has 0 radical (unpaired) electrons. The zero-order valence-corrected chi connectivity index (χ0v) is 18.3. The molecule has 3 aromatic carbocycles. The maximum atomic E-state index is 13.2. The number of nitrogens with zero attached hydrogens (tertiary/aromatic N) is 2. The summed E-state index contributed by atoms with van der Waals surface area (Å²) in [5.41, 5.74) is 4.23. The Bertz CT molecular complexity index is 1130. The number of thiazole rings is 1. The molecule has 1 amide bonds. The number of anilines is 1. The fraction of sp³-hybridized carbons (Fsp3) is 0.167. The van der Waals surface area contributed by atoms with Gasteiger partial charge in [0, 0.05) is 5.02 Å². The summed E-state index contributed by atoms with van der Waals surface area (Å²) in [4.78, 5) is 19.7. The molecular weight excluding hydrogens is 416 g/mol. The van der Waals surface area contributed by atoms with Crippen LogP contribution in [0.25, 0.3) is 10.2 Å². The molecule has 30 heavy (non-hydrogen) atoms. The van der Waals surface area contributed by atoms with E-state index in [1.54, 1.807) is 29.2 Å². The highest BCUT2D eigenvalue weighted by molar-refractivity contribution is 7.22. The lowest BCUT2D eigenvalue weighted by Crippen LogP contribution is -2.34. The van der Waals surface area contributed by atoms with E-state index in [-0.39, 0.29) is 12.5 Å². The number of carbonyl (C=O) groups excluding carboxylic acids is 1. The number of hydrogen-bond acceptors (Lipinski definition) is 4. The van der Waals surface area contributed by atoms with Gasteiger partial charge in [0.15, 0.2) is 11.7 Å². The van der Waals surface area contributed by atoms with Crippen LogP contribution in [-0.2, 0) is 11.3 Å². The summed E-state index contributed by atoms with van der Waals surface area (Å²) in [5, 5.41) is 1.30. The normalized spacial score (nSPS) is 10.9. The van der Waals surface area contributed by atoms with Crippen molar-refractivity contribution in [2.45, 2.75) is 20.4 Å². The zero-order chi connectivity index (χ0) is 21.1. The number of ether oxygens (including phenoxy) is 1. The second-order valence-corrected chi connectivity index (χ2v) is 8.50. The smallest absolute Gasteiger partial charge is 0.267 e. The van der Waals surface area contributed by atoms with Gasteiger partial charge in [-0.2, -0.15) is 0 Å². The Kier molecular flexibility index (Phi) is 6.02. The fourth-order valence-electron chi connectivity index (χ4n) is 3.15. The van der Waals surface area contributed by atoms with Gasteiger partial charge in [-0.05, 0) is 54.8 Å². The van der Waals surface area contributed by atoms with Gasteiger partial charge in [-0.1, -0.05) is 65.4 Å². The summed E-state index contributed by atoms with van der Waals surface area (Å²) in [6, 6.07) is 21.0. The molecule has 1 aromatic heterocycles. The summed E-state index contributed by atoms with van der Waals surface area (Å²) < 4.78 is 6.82. The molecule has 0 bridgehead atoms. The van der Waals surface area contributed by atoms with Crippen molar-refractivity contribution < 1.29 is 9.53 Å². The van der Waals surface area contributed by atoms with Crippen LogP contribution >= 0.6 is 22.9 Å². The number of aryl methyl sites for hydroxylation is 2. The molecule has 0 aliphatic carbocycles. The number of halogens is 1. The van der Waals surface area contributed by atoms with Crippen LogP contribution in [-0.4, -0.2) is 17.5 Å². The van der Waals surface area contributed by atoms with Crippen molar-refractivity contribution in [1.82, 2.24) is 4.98 Å². The standard InChI is InChI=1S/C24H21ClN2O2S/c1-16-8-9-17(2)23-22(16)26-24(30-23)27(14-18-6-4-3-5-7-18)21(28)15-29-20-12-10-19(25)11-13-20/h3-13H,14-15H2,1-2H3. The molecule has 4 aromatic rings. The third-order valence-electron chi connectivity index (χ3n) is 4.82. The van der Waals surface area contributed by atoms with Crippen LogP contribution in [0, 0.1) is 13.8 Å². The largest absolute Gasteiger partial charge is 0.484 e. The van der Waals surface area contributed by atoms with E-state index >= 15 is 0 Å². The summed E-state index contributed by atoms with van der Waals surface area (Å²) in [7, 11) is 0. The minimum atomic E-state index is -0.150. The van der Waals surface area contributed by atoms with Gasteiger partial charge < -0.3 is 4.74 Å². The highest BCUT2D eigenvalue weighted by Gasteiger charge is 2.22. The molecule has 0 saturated heterocycles. The molecule has 0 spiro atoms. The molecule has 0 aliphatic rings. The Hall–Kier alpha value is -2.89. The molecule has 0 saturated carbocycles. The van der Waals surface area contributed by atoms with Crippen molar-refractivity contribution in [3.63, 3.8) is 0 Å². The molecule has 1 heterocycles. The summed E-state index contributed by atoms with van der Waals surface area (Å²) >= 11 is 7.46. The predicted molar refractivity (Wildman–Crippen MR) is 124 cm³/mol. The first-order chi connectivity index (χ1) is 14.5. The quantitative estimate of drug-likeness (QED) is 0.362. The van der Waals surface area contributed by atoms with Crippen molar-refractivity contribution in [2.24, 2.45) is 0 Å². The number of rotatable bonds is 6. The predicted octanol–water partition coefficient (Wildman–Crippen LogP) is 6.18. The van der Waals surface area contributed by atoms with Gasteiger partial charge in [-0.3, -0.25) is 9.69 Å². The van der Waals surface area contributed by atoms with Crippen molar-refractivity contribution in [2.75, 3.05) is 11.5 Å². The van der Waals surface area contributed by atoms with Crippen LogP contribution in [0.15, 0.2) is 66.7 Å². The Labute approximate surface area is 184 Å². The van der Waals surface area contributed by atoms with Crippen molar-refractivity contribution >= 4 is 44.2 Å². The fourth-order valence-corrected chi connectivity index (χ4v) is 4.40. The van der Waals surface area contributed by atoms with E-state index in [0.29, 0.717) is 22.4 Å². The van der Waals surface area contributed by atoms with Gasteiger partial charge in [0.25, 0.3) is 5.91 Å². The van der Waals surface area contributed by atoms with Gasteiger partial charge in [0.05, 0.1) is 16.8 Å². The Morgan fingerprint density at radius 2 is 1.70 bits per heavy atom. The number of benzene rings is 3. The van der Waals surface area contributed by atoms with Crippen LogP contribution in [0.3, 0.4) is 0 Å². The minimum Gasteiger partial charge on any atom is -0.484 e. The first-order valence-electron chi connectivity index (χ1n) is 9.60. The van der Waals surface area contributed by atoms with Crippen LogP contribution in [0.1, 0.15) is 16.7 Å². The zero-order valence-electron chi connectivity index (χ0n) is 16.8. The molecule has 0 aliphatic heterocycles. The Morgan fingerprint density at radius 1 is 1.00 bits per heavy atom. The first kappa shape index (κ1) is 20.4. The minimum absolute atomic E-state index is 0.0810. The van der Waals surface area contributed by atoms with Crippen LogP contribution in [0.4, 0.5) is 5.13 Å². The molecule has 6 heteroatoms. The third-order valence-corrected chi connectivity index (χ3v) is 6.29. The maximum Gasteiger partial charge on any atom is 0.267 e. The van der Waals surface area contributed by atoms with Crippen molar-refractivity contribution in [3.8, 4) is 5.75 Å². The Morgan fingerprint density at radius 3 is 2.40 bits per heavy atom. The van der Waals surface area contributed by atoms with Crippen molar-refractivity contribution in [3.05, 3.63) is 88.4 Å². The highest BCUT2D eigenvalue weighted by Crippen LogP contribution is 2.34. The number of amides is 1. The summed E-state index contributed by atoms with van der Waals surface area (Å²) in [6.07, 6.45) is 0. The SMILES string of the molecule is Cc1ccc(C)c2sc(N(Cc3ccccc3)C(=O)COc3ccc(Cl)cc3)nc12. The lowest BCUT2D eigenvalue weighted by Gasteiger charge is -2.20. The molecule has 152 valence electrons. The second-order valence-electron chi connectivity index (χ2n) is 7.08. The van der Waals surface area contributed by atoms with Gasteiger partial charge in [-0.25, -0.2) is 4.98 Å². The van der Waals surface area contributed by atoms with Gasteiger partial charge in [0.1, 0.15) is 5.75 Å². The maximum absolute atomic E-state index is 13.2. The van der Waals surface area contributed by atoms with E-state index in [4.69, 9.17) is 21.3 Å².